The summed E-state index contributed by atoms with van der Waals surface area (Å²) in [7, 11) is 11.2. The smallest absolute Gasteiger partial charge is 0.200 e. The van der Waals surface area contributed by atoms with Gasteiger partial charge in [0.25, 0.3) is 0 Å². The molecular weight excluding hydrogens is 578 g/mol. The number of Topliss-reactive ketones (excluding diaryl/α,β-unsaturated/α-hetero) is 2. The minimum atomic E-state index is -0.707. The molecule has 0 spiro atoms. The summed E-state index contributed by atoms with van der Waals surface area (Å²) in [4.78, 5) is 51.0. The van der Waals surface area contributed by atoms with Gasteiger partial charge in [0.15, 0.2) is 11.6 Å². The van der Waals surface area contributed by atoms with Crippen LogP contribution in [0.1, 0.15) is 115 Å². The Morgan fingerprint density at radius 1 is 0.804 bits per heavy atom. The minimum Gasteiger partial charge on any atom is -0.351 e. The molecule has 4 rings (SSSR count). The van der Waals surface area contributed by atoms with Crippen molar-refractivity contribution in [3.63, 3.8) is 0 Å². The zero-order chi connectivity index (χ0) is 35.0. The maximum Gasteiger partial charge on any atom is 0.200 e. The van der Waals surface area contributed by atoms with Crippen molar-refractivity contribution in [3.8, 4) is 0 Å². The third-order valence-corrected chi connectivity index (χ3v) is 11.4. The van der Waals surface area contributed by atoms with Crippen LogP contribution in [0.3, 0.4) is 0 Å². The average molecular weight is 634 g/mol. The van der Waals surface area contributed by atoms with E-state index in [1.165, 1.54) is 11.1 Å². The Balaban J connectivity index is 0.000000250. The van der Waals surface area contributed by atoms with Crippen LogP contribution in [0.4, 0.5) is 9.59 Å². The quantitative estimate of drug-likeness (QED) is 0.217. The maximum atomic E-state index is 12.0. The molecule has 2 amide bonds. The number of hydrogen-bond donors (Lipinski definition) is 0. The molecule has 8 nitrogen and oxygen atoms in total. The average Bonchev–Trinajstić information content (AvgIpc) is 3.57. The molecule has 0 aromatic rings. The fourth-order valence-electron chi connectivity index (χ4n) is 8.92. The van der Waals surface area contributed by atoms with Crippen molar-refractivity contribution < 1.29 is 28.7 Å². The molecule has 0 aromatic carbocycles. The van der Waals surface area contributed by atoms with Crippen molar-refractivity contribution in [2.24, 2.45) is 29.6 Å². The standard InChI is InChI=1S/2C18H28BNO3/c2*1-7-15-16(23-18(5,6)20(15)17(19)22)9-13-11(3)10(2)8-14(13)12(4)21/h13-16H,7-9H2,1-6H3;11,13-16H,2,7-9H2,1,3-6H3/t13?,14?,15-,16+;11?,13?,14?,15-,16+/m00/s1. The van der Waals surface area contributed by atoms with Gasteiger partial charge in [-0.25, -0.2) is 0 Å². The van der Waals surface area contributed by atoms with Gasteiger partial charge in [-0.05, 0) is 112 Å². The Morgan fingerprint density at radius 2 is 1.24 bits per heavy atom. The number of amides is 2. The summed E-state index contributed by atoms with van der Waals surface area (Å²) in [6.07, 6.45) is 4.53. The van der Waals surface area contributed by atoms with E-state index in [0.29, 0.717) is 5.92 Å². The van der Waals surface area contributed by atoms with E-state index in [1.54, 1.807) is 23.6 Å². The van der Waals surface area contributed by atoms with Crippen molar-refractivity contribution in [2.45, 2.75) is 150 Å². The van der Waals surface area contributed by atoms with Crippen LogP contribution in [0.25, 0.3) is 0 Å². The molecule has 1 saturated carbocycles. The SMILES string of the molecule is [B]C(=O)N1[C@@H](CC)[C@@H](CC2C(C)=C(C)CC2C(C)=O)OC1(C)C.[B]C(=O)N1[C@@H](CC)[C@@H](CC2C(C)C(=C)CC2C(C)=O)OC1(C)C. The van der Waals surface area contributed by atoms with E-state index in [9.17, 15) is 19.2 Å². The van der Waals surface area contributed by atoms with Crippen LogP contribution in [0.15, 0.2) is 23.3 Å². The molecule has 2 aliphatic carbocycles. The van der Waals surface area contributed by atoms with Gasteiger partial charge in [0, 0.05) is 11.8 Å². The maximum absolute atomic E-state index is 12.0. The van der Waals surface area contributed by atoms with Crippen LogP contribution >= 0.6 is 0 Å². The molecular formula is C36H56B2N2O6. The second kappa shape index (κ2) is 14.5. The largest absolute Gasteiger partial charge is 0.351 e. The number of carbonyl (C=O) groups excluding carboxylic acids is 4. The van der Waals surface area contributed by atoms with Gasteiger partial charge in [-0.1, -0.05) is 44.1 Å². The van der Waals surface area contributed by atoms with Gasteiger partial charge in [0.1, 0.15) is 23.0 Å². The molecule has 9 atom stereocenters. The molecule has 4 aliphatic rings. The Bertz CT molecular complexity index is 1240. The molecule has 2 aliphatic heterocycles. The predicted molar refractivity (Wildman–Crippen MR) is 183 cm³/mol. The molecule has 2 heterocycles. The first-order chi connectivity index (χ1) is 21.2. The highest BCUT2D eigenvalue weighted by molar-refractivity contribution is 6.57. The van der Waals surface area contributed by atoms with E-state index in [0.717, 1.165) is 44.1 Å². The van der Waals surface area contributed by atoms with E-state index in [4.69, 9.17) is 25.2 Å². The molecule has 46 heavy (non-hydrogen) atoms. The van der Waals surface area contributed by atoms with Crippen LogP contribution in [0.2, 0.25) is 0 Å². The lowest BCUT2D eigenvalue weighted by molar-refractivity contribution is -0.123. The molecule has 4 radical (unpaired) electrons. The molecule has 252 valence electrons. The number of nitrogens with zero attached hydrogens (tertiary/aromatic N) is 2. The summed E-state index contributed by atoms with van der Waals surface area (Å²) < 4.78 is 12.4. The Morgan fingerprint density at radius 3 is 1.63 bits per heavy atom. The highest BCUT2D eigenvalue weighted by Gasteiger charge is 2.51. The molecule has 0 bridgehead atoms. The zero-order valence-electron chi connectivity index (χ0n) is 30.1. The summed E-state index contributed by atoms with van der Waals surface area (Å²) in [5, 5.41) is 0. The van der Waals surface area contributed by atoms with Crippen molar-refractivity contribution in [2.75, 3.05) is 0 Å². The number of carbonyl (C=O) groups is 4. The molecule has 10 heteroatoms. The number of ketones is 2. The highest BCUT2D eigenvalue weighted by atomic mass is 16.5. The molecule has 0 N–H and O–H groups in total. The number of allylic oxidation sites excluding steroid dienone is 3. The van der Waals surface area contributed by atoms with Gasteiger partial charge in [-0.3, -0.25) is 19.2 Å². The second-order valence-corrected chi connectivity index (χ2v) is 15.1. The van der Waals surface area contributed by atoms with Crippen LogP contribution in [0, 0.1) is 29.6 Å². The molecule has 5 unspecified atom stereocenters. The molecule has 0 aromatic heterocycles. The first-order valence-corrected chi connectivity index (χ1v) is 17.1. The van der Waals surface area contributed by atoms with Crippen molar-refractivity contribution in [1.29, 1.82) is 0 Å². The van der Waals surface area contributed by atoms with Crippen LogP contribution in [0.5, 0.6) is 0 Å². The summed E-state index contributed by atoms with van der Waals surface area (Å²) in [6.45, 7) is 25.4. The van der Waals surface area contributed by atoms with Crippen LogP contribution in [-0.2, 0) is 19.1 Å². The summed E-state index contributed by atoms with van der Waals surface area (Å²) in [6, 6.07) is -0.0833. The highest BCUT2D eigenvalue weighted by Crippen LogP contribution is 2.47. The van der Waals surface area contributed by atoms with Gasteiger partial charge in [-0.2, -0.15) is 0 Å². The normalized spacial score (nSPS) is 34.9. The van der Waals surface area contributed by atoms with E-state index in [2.05, 4.69) is 27.4 Å². The fraction of sp³-hybridized carbons (Fsp3) is 0.778. The molecule has 2 saturated heterocycles. The van der Waals surface area contributed by atoms with Crippen molar-refractivity contribution in [1.82, 2.24) is 9.80 Å². The Hall–Kier alpha value is -2.19. The second-order valence-electron chi connectivity index (χ2n) is 15.1. The lowest BCUT2D eigenvalue weighted by Crippen LogP contribution is -2.47. The van der Waals surface area contributed by atoms with Gasteiger partial charge < -0.3 is 19.3 Å². The lowest BCUT2D eigenvalue weighted by Gasteiger charge is -2.33. The Kier molecular flexibility index (Phi) is 12.1. The van der Waals surface area contributed by atoms with Crippen LogP contribution < -0.4 is 0 Å². The topological polar surface area (TPSA) is 93.2 Å². The predicted octanol–water partition coefficient (Wildman–Crippen LogP) is 6.74. The third kappa shape index (κ3) is 7.59. The monoisotopic (exact) mass is 634 g/mol. The first-order valence-electron chi connectivity index (χ1n) is 17.1. The van der Waals surface area contributed by atoms with E-state index >= 15 is 0 Å². The van der Waals surface area contributed by atoms with Gasteiger partial charge >= 0.3 is 0 Å². The van der Waals surface area contributed by atoms with Crippen molar-refractivity contribution in [3.05, 3.63) is 23.3 Å². The van der Waals surface area contributed by atoms with E-state index < -0.39 is 23.1 Å². The Labute approximate surface area is 280 Å². The summed E-state index contributed by atoms with van der Waals surface area (Å²) in [5.74, 6) is 0.360. The lowest BCUT2D eigenvalue weighted by atomic mass is 9.81. The van der Waals surface area contributed by atoms with Crippen LogP contribution in [-0.4, -0.2) is 84.4 Å². The summed E-state index contributed by atoms with van der Waals surface area (Å²) >= 11 is 0. The fourth-order valence-corrected chi connectivity index (χ4v) is 8.92. The zero-order valence-corrected chi connectivity index (χ0v) is 30.1. The van der Waals surface area contributed by atoms with Gasteiger partial charge in [0.2, 0.25) is 15.7 Å². The number of hydrogen-bond acceptors (Lipinski definition) is 6. The number of rotatable bonds is 8. The minimum absolute atomic E-state index is 0.0179. The van der Waals surface area contributed by atoms with E-state index in [1.807, 2.05) is 41.5 Å². The third-order valence-electron chi connectivity index (χ3n) is 11.4. The first kappa shape index (κ1) is 38.3. The number of ether oxygens (including phenoxy) is 2. The summed E-state index contributed by atoms with van der Waals surface area (Å²) in [5.41, 5.74) is 2.36. The van der Waals surface area contributed by atoms with E-state index in [-0.39, 0.29) is 59.5 Å². The van der Waals surface area contributed by atoms with Gasteiger partial charge in [-0.15, -0.1) is 0 Å². The molecule has 3 fully saturated rings. The van der Waals surface area contributed by atoms with Crippen molar-refractivity contribution >= 4 is 38.9 Å². The van der Waals surface area contributed by atoms with Gasteiger partial charge in [0.05, 0.1) is 24.3 Å².